The first kappa shape index (κ1) is 12.2. The summed E-state index contributed by atoms with van der Waals surface area (Å²) in [5.74, 6) is 1.61. The van der Waals surface area contributed by atoms with E-state index in [9.17, 15) is 0 Å². The lowest BCUT2D eigenvalue weighted by Crippen LogP contribution is -2.38. The van der Waals surface area contributed by atoms with Gasteiger partial charge in [0.25, 0.3) is 0 Å². The molecule has 2 N–H and O–H groups in total. The second-order valence-corrected chi connectivity index (χ2v) is 6.20. The SMILES string of the molecule is Cc1ccc(CN2CC3CCCC(N)C3C2)cc1. The Morgan fingerprint density at radius 1 is 1.17 bits per heavy atom. The van der Waals surface area contributed by atoms with Crippen molar-refractivity contribution in [2.24, 2.45) is 17.6 Å². The van der Waals surface area contributed by atoms with Gasteiger partial charge in [0, 0.05) is 25.7 Å². The van der Waals surface area contributed by atoms with Gasteiger partial charge in [0.05, 0.1) is 0 Å². The molecule has 2 nitrogen and oxygen atoms in total. The summed E-state index contributed by atoms with van der Waals surface area (Å²) in [4.78, 5) is 2.60. The average molecular weight is 244 g/mol. The maximum atomic E-state index is 6.27. The number of hydrogen-bond acceptors (Lipinski definition) is 2. The lowest BCUT2D eigenvalue weighted by atomic mass is 9.78. The second kappa shape index (κ2) is 5.02. The predicted octanol–water partition coefficient (Wildman–Crippen LogP) is 2.55. The van der Waals surface area contributed by atoms with Crippen molar-refractivity contribution < 1.29 is 0 Å². The van der Waals surface area contributed by atoms with Gasteiger partial charge in [0.1, 0.15) is 0 Å². The largest absolute Gasteiger partial charge is 0.327 e. The number of nitrogens with zero attached hydrogens (tertiary/aromatic N) is 1. The van der Waals surface area contributed by atoms with E-state index in [0.29, 0.717) is 6.04 Å². The van der Waals surface area contributed by atoms with E-state index in [1.807, 2.05) is 0 Å². The lowest BCUT2D eigenvalue weighted by molar-refractivity contribution is 0.259. The van der Waals surface area contributed by atoms with Crippen molar-refractivity contribution in [3.8, 4) is 0 Å². The number of likely N-dealkylation sites (tertiary alicyclic amines) is 1. The highest BCUT2D eigenvalue weighted by Gasteiger charge is 2.38. The molecule has 0 bridgehead atoms. The topological polar surface area (TPSA) is 29.3 Å². The molecule has 2 heteroatoms. The first-order valence-corrected chi connectivity index (χ1v) is 7.26. The van der Waals surface area contributed by atoms with Gasteiger partial charge in [-0.25, -0.2) is 0 Å². The van der Waals surface area contributed by atoms with Crippen LogP contribution in [0.2, 0.25) is 0 Å². The van der Waals surface area contributed by atoms with Gasteiger partial charge in [0.2, 0.25) is 0 Å². The standard InChI is InChI=1S/C16H24N2/c1-12-5-7-13(8-6-12)9-18-10-14-3-2-4-16(17)15(14)11-18/h5-8,14-16H,2-4,9-11,17H2,1H3. The van der Waals surface area contributed by atoms with Gasteiger partial charge in [-0.1, -0.05) is 36.2 Å². The maximum Gasteiger partial charge on any atom is 0.0233 e. The van der Waals surface area contributed by atoms with E-state index in [1.54, 1.807) is 0 Å². The van der Waals surface area contributed by atoms with Crippen molar-refractivity contribution in [1.29, 1.82) is 0 Å². The van der Waals surface area contributed by atoms with Crippen LogP contribution in [0, 0.1) is 18.8 Å². The highest BCUT2D eigenvalue weighted by atomic mass is 15.2. The summed E-state index contributed by atoms with van der Waals surface area (Å²) in [6, 6.07) is 9.40. The third kappa shape index (κ3) is 2.45. The minimum atomic E-state index is 0.451. The van der Waals surface area contributed by atoms with Crippen LogP contribution in [-0.4, -0.2) is 24.0 Å². The molecule has 0 aromatic heterocycles. The third-order valence-corrected chi connectivity index (χ3v) is 4.76. The first-order chi connectivity index (χ1) is 8.72. The Kier molecular flexibility index (Phi) is 3.40. The molecule has 2 aliphatic rings. The monoisotopic (exact) mass is 244 g/mol. The Balaban J connectivity index is 1.63. The van der Waals surface area contributed by atoms with Crippen molar-refractivity contribution in [2.75, 3.05) is 13.1 Å². The molecule has 2 fully saturated rings. The second-order valence-electron chi connectivity index (χ2n) is 6.20. The van der Waals surface area contributed by atoms with Crippen LogP contribution in [0.4, 0.5) is 0 Å². The third-order valence-electron chi connectivity index (χ3n) is 4.76. The molecule has 1 aliphatic heterocycles. The van der Waals surface area contributed by atoms with Crippen LogP contribution in [0.25, 0.3) is 0 Å². The highest BCUT2D eigenvalue weighted by molar-refractivity contribution is 5.21. The van der Waals surface area contributed by atoms with E-state index in [1.165, 1.54) is 43.5 Å². The smallest absolute Gasteiger partial charge is 0.0233 e. The molecule has 0 radical (unpaired) electrons. The van der Waals surface area contributed by atoms with E-state index in [2.05, 4.69) is 36.1 Å². The maximum absolute atomic E-state index is 6.27. The molecule has 1 saturated carbocycles. The van der Waals surface area contributed by atoms with E-state index in [0.717, 1.165) is 18.4 Å². The number of rotatable bonds is 2. The van der Waals surface area contributed by atoms with Crippen LogP contribution < -0.4 is 5.73 Å². The van der Waals surface area contributed by atoms with Gasteiger partial charge in [-0.05, 0) is 37.2 Å². The van der Waals surface area contributed by atoms with Gasteiger partial charge >= 0.3 is 0 Å². The number of fused-ring (bicyclic) bond motifs is 1. The van der Waals surface area contributed by atoms with Crippen LogP contribution in [0.1, 0.15) is 30.4 Å². The fraction of sp³-hybridized carbons (Fsp3) is 0.625. The summed E-state index contributed by atoms with van der Waals surface area (Å²) in [5, 5.41) is 0. The van der Waals surface area contributed by atoms with Crippen LogP contribution >= 0.6 is 0 Å². The summed E-state index contributed by atoms with van der Waals surface area (Å²) in [7, 11) is 0. The molecular weight excluding hydrogens is 220 g/mol. The van der Waals surface area contributed by atoms with Crippen molar-refractivity contribution in [3.05, 3.63) is 35.4 Å². The fourth-order valence-corrected chi connectivity index (χ4v) is 3.69. The van der Waals surface area contributed by atoms with Gasteiger partial charge in [0.15, 0.2) is 0 Å². The predicted molar refractivity (Wildman–Crippen MR) is 75.3 cm³/mol. The number of aryl methyl sites for hydroxylation is 1. The van der Waals surface area contributed by atoms with Crippen molar-refractivity contribution >= 4 is 0 Å². The Bertz CT molecular complexity index is 398. The van der Waals surface area contributed by atoms with Crippen LogP contribution in [0.15, 0.2) is 24.3 Å². The van der Waals surface area contributed by atoms with E-state index in [-0.39, 0.29) is 0 Å². The molecule has 3 unspecified atom stereocenters. The normalized spacial score (nSPS) is 32.4. The number of hydrogen-bond donors (Lipinski definition) is 1. The summed E-state index contributed by atoms with van der Waals surface area (Å²) in [6.07, 6.45) is 3.96. The zero-order valence-electron chi connectivity index (χ0n) is 11.3. The molecule has 1 aliphatic carbocycles. The molecule has 18 heavy (non-hydrogen) atoms. The molecule has 1 saturated heterocycles. The summed E-state index contributed by atoms with van der Waals surface area (Å²) < 4.78 is 0. The average Bonchev–Trinajstić information content (AvgIpc) is 2.76. The molecular formula is C16H24N2. The zero-order valence-corrected chi connectivity index (χ0v) is 11.3. The number of nitrogens with two attached hydrogens (primary N) is 1. The van der Waals surface area contributed by atoms with Crippen LogP contribution in [0.3, 0.4) is 0 Å². The highest BCUT2D eigenvalue weighted by Crippen LogP contribution is 2.35. The van der Waals surface area contributed by atoms with E-state index < -0.39 is 0 Å². The molecule has 0 spiro atoms. The fourth-order valence-electron chi connectivity index (χ4n) is 3.69. The molecule has 1 aromatic rings. The van der Waals surface area contributed by atoms with E-state index >= 15 is 0 Å². The van der Waals surface area contributed by atoms with Gasteiger partial charge in [-0.3, -0.25) is 4.90 Å². The molecule has 3 atom stereocenters. The summed E-state index contributed by atoms with van der Waals surface area (Å²) >= 11 is 0. The van der Waals surface area contributed by atoms with Crippen LogP contribution in [-0.2, 0) is 6.54 Å². The number of benzene rings is 1. The molecule has 1 aromatic carbocycles. The molecule has 1 heterocycles. The first-order valence-electron chi connectivity index (χ1n) is 7.26. The Morgan fingerprint density at radius 2 is 1.94 bits per heavy atom. The Labute approximate surface area is 110 Å². The van der Waals surface area contributed by atoms with Crippen LogP contribution in [0.5, 0.6) is 0 Å². The van der Waals surface area contributed by atoms with Crippen molar-refractivity contribution in [3.63, 3.8) is 0 Å². The Morgan fingerprint density at radius 3 is 2.67 bits per heavy atom. The summed E-state index contributed by atoms with van der Waals surface area (Å²) in [5.41, 5.74) is 9.05. The Hall–Kier alpha value is -0.860. The van der Waals surface area contributed by atoms with Gasteiger partial charge < -0.3 is 5.73 Å². The lowest BCUT2D eigenvalue weighted by Gasteiger charge is -2.29. The molecule has 0 amide bonds. The molecule has 3 rings (SSSR count). The quantitative estimate of drug-likeness (QED) is 0.866. The molecule has 98 valence electrons. The van der Waals surface area contributed by atoms with Crippen molar-refractivity contribution in [1.82, 2.24) is 4.90 Å². The zero-order chi connectivity index (χ0) is 12.5. The van der Waals surface area contributed by atoms with Crippen molar-refractivity contribution in [2.45, 2.75) is 38.8 Å². The minimum absolute atomic E-state index is 0.451. The van der Waals surface area contributed by atoms with Gasteiger partial charge in [-0.2, -0.15) is 0 Å². The summed E-state index contributed by atoms with van der Waals surface area (Å²) in [6.45, 7) is 5.71. The van der Waals surface area contributed by atoms with E-state index in [4.69, 9.17) is 5.73 Å². The van der Waals surface area contributed by atoms with Gasteiger partial charge in [-0.15, -0.1) is 0 Å². The minimum Gasteiger partial charge on any atom is -0.327 e.